The first-order valence-corrected chi connectivity index (χ1v) is 10.4. The fourth-order valence-corrected chi connectivity index (χ4v) is 3.68. The molecule has 0 bridgehead atoms. The van der Waals surface area contributed by atoms with Crippen LogP contribution in [0.4, 0.5) is 5.69 Å². The number of amides is 2. The minimum atomic E-state index is -0.0158. The third-order valence-corrected chi connectivity index (χ3v) is 5.52. The Balaban J connectivity index is 1.33. The number of rotatable bonds is 7. The number of anilines is 1. The predicted molar refractivity (Wildman–Crippen MR) is 115 cm³/mol. The van der Waals surface area contributed by atoms with Crippen LogP contribution in [0, 0.1) is 26.7 Å². The van der Waals surface area contributed by atoms with Gasteiger partial charge in [0.05, 0.1) is 5.69 Å². The molecular formula is C23H27N5O2. The fourth-order valence-electron chi connectivity index (χ4n) is 3.68. The monoisotopic (exact) mass is 405 g/mol. The van der Waals surface area contributed by atoms with Crippen LogP contribution in [0.25, 0.3) is 5.65 Å². The van der Waals surface area contributed by atoms with E-state index in [0.717, 1.165) is 52.4 Å². The number of benzene rings is 1. The normalized spacial score (nSPS) is 13.4. The van der Waals surface area contributed by atoms with E-state index in [1.165, 1.54) is 0 Å². The summed E-state index contributed by atoms with van der Waals surface area (Å²) in [4.78, 5) is 28.9. The second-order valence-electron chi connectivity index (χ2n) is 8.06. The van der Waals surface area contributed by atoms with E-state index in [9.17, 15) is 9.59 Å². The molecule has 0 spiro atoms. The Morgan fingerprint density at radius 1 is 1.17 bits per heavy atom. The summed E-state index contributed by atoms with van der Waals surface area (Å²) in [7, 11) is 0. The molecule has 0 aliphatic heterocycles. The van der Waals surface area contributed by atoms with E-state index in [1.54, 1.807) is 0 Å². The molecule has 0 radical (unpaired) electrons. The Hall–Kier alpha value is -3.22. The molecule has 156 valence electrons. The van der Waals surface area contributed by atoms with Crippen molar-refractivity contribution in [2.75, 3.05) is 5.32 Å². The quantitative estimate of drug-likeness (QED) is 0.632. The average molecular weight is 406 g/mol. The van der Waals surface area contributed by atoms with Gasteiger partial charge in [0.2, 0.25) is 11.8 Å². The number of nitrogens with one attached hydrogen (secondary N) is 2. The van der Waals surface area contributed by atoms with Gasteiger partial charge >= 0.3 is 0 Å². The van der Waals surface area contributed by atoms with Gasteiger partial charge in [-0.1, -0.05) is 12.1 Å². The average Bonchev–Trinajstić information content (AvgIpc) is 3.49. The van der Waals surface area contributed by atoms with Crippen LogP contribution in [0.2, 0.25) is 0 Å². The largest absolute Gasteiger partial charge is 0.352 e. The minimum absolute atomic E-state index is 0.0158. The zero-order valence-electron chi connectivity index (χ0n) is 17.7. The van der Waals surface area contributed by atoms with Crippen molar-refractivity contribution in [3.05, 3.63) is 58.5 Å². The van der Waals surface area contributed by atoms with Gasteiger partial charge in [-0.3, -0.25) is 9.59 Å². The molecule has 2 amide bonds. The molecule has 2 heterocycles. The Morgan fingerprint density at radius 3 is 2.73 bits per heavy atom. The number of aryl methyl sites for hydroxylation is 3. The van der Waals surface area contributed by atoms with Crippen molar-refractivity contribution in [1.29, 1.82) is 0 Å². The molecule has 2 N–H and O–H groups in total. The van der Waals surface area contributed by atoms with Crippen LogP contribution in [0.1, 0.15) is 47.5 Å². The number of aromatic nitrogens is 3. The Bertz CT molecular complexity index is 1110. The van der Waals surface area contributed by atoms with Gasteiger partial charge in [0.15, 0.2) is 5.65 Å². The van der Waals surface area contributed by atoms with Crippen LogP contribution >= 0.6 is 0 Å². The molecule has 7 nitrogen and oxygen atoms in total. The van der Waals surface area contributed by atoms with Crippen LogP contribution in [-0.2, 0) is 22.6 Å². The van der Waals surface area contributed by atoms with E-state index in [4.69, 9.17) is 0 Å². The zero-order chi connectivity index (χ0) is 21.3. The lowest BCUT2D eigenvalue weighted by Gasteiger charge is -2.11. The van der Waals surface area contributed by atoms with Crippen LogP contribution in [0.15, 0.2) is 30.3 Å². The highest BCUT2D eigenvalue weighted by Crippen LogP contribution is 2.30. The Morgan fingerprint density at radius 2 is 1.97 bits per heavy atom. The van der Waals surface area contributed by atoms with Gasteiger partial charge in [-0.15, -0.1) is 0 Å². The Labute approximate surface area is 175 Å². The molecule has 0 atom stereocenters. The number of carbonyl (C=O) groups excluding carboxylic acids is 2. The highest BCUT2D eigenvalue weighted by Gasteiger charge is 2.29. The summed E-state index contributed by atoms with van der Waals surface area (Å²) in [5.41, 5.74) is 6.52. The summed E-state index contributed by atoms with van der Waals surface area (Å²) in [6.07, 6.45) is 2.95. The first kappa shape index (κ1) is 20.1. The molecule has 1 aromatic carbocycles. The number of hydrogen-bond donors (Lipinski definition) is 2. The van der Waals surface area contributed by atoms with E-state index in [0.29, 0.717) is 19.4 Å². The van der Waals surface area contributed by atoms with E-state index in [2.05, 4.69) is 20.7 Å². The van der Waals surface area contributed by atoms with Crippen molar-refractivity contribution in [3.8, 4) is 0 Å². The van der Waals surface area contributed by atoms with Crippen molar-refractivity contribution in [2.45, 2.75) is 53.0 Å². The predicted octanol–water partition coefficient (Wildman–Crippen LogP) is 3.25. The number of nitrogens with zero attached hydrogens (tertiary/aromatic N) is 3. The van der Waals surface area contributed by atoms with Crippen molar-refractivity contribution >= 4 is 23.1 Å². The summed E-state index contributed by atoms with van der Waals surface area (Å²) in [5, 5.41) is 10.4. The fraction of sp³-hybridized carbons (Fsp3) is 0.391. The van der Waals surface area contributed by atoms with Crippen molar-refractivity contribution in [2.24, 2.45) is 5.92 Å². The molecular weight excluding hydrogens is 378 g/mol. The van der Waals surface area contributed by atoms with Gasteiger partial charge in [0, 0.05) is 42.0 Å². The summed E-state index contributed by atoms with van der Waals surface area (Å²) in [6.45, 7) is 6.37. The molecule has 1 aliphatic rings. The topological polar surface area (TPSA) is 88.4 Å². The van der Waals surface area contributed by atoms with Gasteiger partial charge < -0.3 is 10.6 Å². The van der Waals surface area contributed by atoms with Gasteiger partial charge in [-0.25, -0.2) is 9.50 Å². The van der Waals surface area contributed by atoms with E-state index < -0.39 is 0 Å². The third-order valence-electron chi connectivity index (χ3n) is 5.52. The molecule has 2 aromatic heterocycles. The second-order valence-corrected chi connectivity index (χ2v) is 8.06. The second kappa shape index (κ2) is 8.26. The van der Waals surface area contributed by atoms with Gasteiger partial charge in [-0.2, -0.15) is 5.10 Å². The zero-order valence-corrected chi connectivity index (χ0v) is 17.7. The van der Waals surface area contributed by atoms with E-state index >= 15 is 0 Å². The maximum Gasteiger partial charge on any atom is 0.227 e. The summed E-state index contributed by atoms with van der Waals surface area (Å²) in [6, 6.07) is 9.57. The van der Waals surface area contributed by atoms with Crippen LogP contribution < -0.4 is 10.6 Å². The highest BCUT2D eigenvalue weighted by molar-refractivity contribution is 5.94. The molecule has 1 aliphatic carbocycles. The molecule has 1 saturated carbocycles. The maximum atomic E-state index is 12.4. The van der Waals surface area contributed by atoms with Crippen molar-refractivity contribution in [1.82, 2.24) is 19.9 Å². The number of carbonyl (C=O) groups is 2. The molecule has 4 rings (SSSR count). The summed E-state index contributed by atoms with van der Waals surface area (Å²) >= 11 is 0. The molecule has 3 aromatic rings. The first-order chi connectivity index (χ1) is 14.4. The van der Waals surface area contributed by atoms with Crippen molar-refractivity contribution in [3.63, 3.8) is 0 Å². The molecule has 0 unspecified atom stereocenters. The van der Waals surface area contributed by atoms with Gasteiger partial charge in [0.25, 0.3) is 0 Å². The Kier molecular flexibility index (Phi) is 5.53. The number of hydrogen-bond acceptors (Lipinski definition) is 4. The van der Waals surface area contributed by atoms with Crippen LogP contribution in [-0.4, -0.2) is 26.4 Å². The summed E-state index contributed by atoms with van der Waals surface area (Å²) < 4.78 is 1.84. The summed E-state index contributed by atoms with van der Waals surface area (Å²) in [5.74, 6) is 0.234. The smallest absolute Gasteiger partial charge is 0.227 e. The minimum Gasteiger partial charge on any atom is -0.352 e. The number of fused-ring (bicyclic) bond motifs is 1. The third kappa shape index (κ3) is 4.50. The lowest BCUT2D eigenvalue weighted by Crippen LogP contribution is -2.23. The van der Waals surface area contributed by atoms with Crippen LogP contribution in [0.3, 0.4) is 0 Å². The lowest BCUT2D eigenvalue weighted by atomic mass is 10.1. The van der Waals surface area contributed by atoms with E-state index in [-0.39, 0.29) is 17.7 Å². The SMILES string of the molecule is Cc1cc2nc(C)c(CCC(=O)NCc3cccc(NC(=O)C4CC4)c3)c(C)n2n1. The maximum absolute atomic E-state index is 12.4. The molecule has 0 saturated heterocycles. The first-order valence-electron chi connectivity index (χ1n) is 10.4. The standard InChI is InChI=1S/C23H27N5O2/c1-14-11-21-25-15(2)20(16(3)28(21)27-14)9-10-22(29)24-13-17-5-4-6-19(12-17)26-23(30)18-7-8-18/h4-6,11-12,18H,7-10,13H2,1-3H3,(H,24,29)(H,26,30). The lowest BCUT2D eigenvalue weighted by molar-refractivity contribution is -0.121. The van der Waals surface area contributed by atoms with Gasteiger partial charge in [-0.05, 0) is 63.3 Å². The van der Waals surface area contributed by atoms with Crippen LogP contribution in [0.5, 0.6) is 0 Å². The van der Waals surface area contributed by atoms with E-state index in [1.807, 2.05) is 55.6 Å². The van der Waals surface area contributed by atoms with Crippen molar-refractivity contribution < 1.29 is 9.59 Å². The molecule has 30 heavy (non-hydrogen) atoms. The van der Waals surface area contributed by atoms with Gasteiger partial charge in [0.1, 0.15) is 0 Å². The highest BCUT2D eigenvalue weighted by atomic mass is 16.2. The molecule has 1 fully saturated rings. The molecule has 7 heteroatoms.